The molecule has 0 aliphatic heterocycles. The molecule has 2 N–H and O–H groups in total. The van der Waals surface area contributed by atoms with E-state index in [0.29, 0.717) is 28.5 Å². The number of halogens is 2. The number of aromatic nitrogens is 6. The van der Waals surface area contributed by atoms with E-state index < -0.39 is 0 Å². The number of H-pyrrole nitrogens is 1. The lowest BCUT2D eigenvalue weighted by atomic mass is 10.2. The van der Waals surface area contributed by atoms with E-state index in [1.165, 1.54) is 0 Å². The largest absolute Gasteiger partial charge is 0.307 e. The molecule has 0 atom stereocenters. The van der Waals surface area contributed by atoms with Gasteiger partial charge in [-0.15, -0.1) is 5.10 Å². The minimum Gasteiger partial charge on any atom is -0.307 e. The summed E-state index contributed by atoms with van der Waals surface area (Å²) < 4.78 is 0. The van der Waals surface area contributed by atoms with Crippen LogP contribution in [0.4, 0.5) is 11.8 Å². The summed E-state index contributed by atoms with van der Waals surface area (Å²) in [7, 11) is 0. The summed E-state index contributed by atoms with van der Waals surface area (Å²) in [5.74, 6) is 3.06. The summed E-state index contributed by atoms with van der Waals surface area (Å²) in [5, 5.41) is 11.9. The first-order valence-corrected chi connectivity index (χ1v) is 11.3. The highest BCUT2D eigenvalue weighted by atomic mass is 127. The zero-order valence-corrected chi connectivity index (χ0v) is 17.9. The van der Waals surface area contributed by atoms with E-state index in [9.17, 15) is 0 Å². The molecule has 1 fully saturated rings. The Bertz CT molecular complexity index is 1110. The Balaban J connectivity index is 0.000000932. The first kappa shape index (κ1) is 19.0. The van der Waals surface area contributed by atoms with Gasteiger partial charge < -0.3 is 5.32 Å². The summed E-state index contributed by atoms with van der Waals surface area (Å²) in [6, 6.07) is 9.35. The molecule has 0 amide bonds. The molecule has 1 aromatic carbocycles. The molecule has 0 unspecified atom stereocenters. The van der Waals surface area contributed by atoms with Crippen molar-refractivity contribution in [3.8, 4) is 11.4 Å². The van der Waals surface area contributed by atoms with Crippen molar-refractivity contribution in [2.45, 2.75) is 18.8 Å². The predicted molar refractivity (Wildman–Crippen MR) is 119 cm³/mol. The fraction of sp³-hybridized carbons (Fsp3) is 0.211. The molecule has 1 saturated carbocycles. The van der Waals surface area contributed by atoms with Crippen LogP contribution in [0, 0.1) is 0 Å². The fourth-order valence-corrected chi connectivity index (χ4v) is 3.03. The highest BCUT2D eigenvalue weighted by Gasteiger charge is 2.27. The quantitative estimate of drug-likeness (QED) is 0.295. The SMILES string of the molecule is CI.Clc1ccccc1-c1nc(Nc2n[nH]c(C3CC3)n2)c2ccncc2n1. The van der Waals surface area contributed by atoms with Crippen molar-refractivity contribution >= 4 is 56.9 Å². The third kappa shape index (κ3) is 3.93. The van der Waals surface area contributed by atoms with Crippen molar-refractivity contribution < 1.29 is 0 Å². The van der Waals surface area contributed by atoms with Crippen molar-refractivity contribution in [1.82, 2.24) is 30.1 Å². The molecule has 0 bridgehead atoms. The number of nitrogens with zero attached hydrogens (tertiary/aromatic N) is 5. The summed E-state index contributed by atoms with van der Waals surface area (Å²) in [6.45, 7) is 0. The van der Waals surface area contributed by atoms with Gasteiger partial charge in [-0.2, -0.15) is 4.98 Å². The number of rotatable bonds is 4. The van der Waals surface area contributed by atoms with Crippen molar-refractivity contribution in [3.05, 3.63) is 53.6 Å². The van der Waals surface area contributed by atoms with E-state index in [2.05, 4.69) is 58.0 Å². The van der Waals surface area contributed by atoms with Gasteiger partial charge in [0.25, 0.3) is 0 Å². The molecule has 1 aliphatic rings. The minimum absolute atomic E-state index is 0.494. The number of anilines is 2. The van der Waals surface area contributed by atoms with Gasteiger partial charge in [-0.3, -0.25) is 10.1 Å². The second-order valence-corrected chi connectivity index (χ2v) is 6.62. The van der Waals surface area contributed by atoms with Crippen LogP contribution in [0.2, 0.25) is 5.02 Å². The van der Waals surface area contributed by atoms with Crippen LogP contribution in [0.5, 0.6) is 0 Å². The Labute approximate surface area is 180 Å². The van der Waals surface area contributed by atoms with Crippen LogP contribution in [0.1, 0.15) is 24.6 Å². The monoisotopic (exact) mass is 505 g/mol. The number of pyridine rings is 1. The maximum absolute atomic E-state index is 6.32. The van der Waals surface area contributed by atoms with Crippen LogP contribution in [-0.2, 0) is 0 Å². The lowest BCUT2D eigenvalue weighted by molar-refractivity contribution is 0.935. The first-order valence-electron chi connectivity index (χ1n) is 8.72. The van der Waals surface area contributed by atoms with Gasteiger partial charge in [0.15, 0.2) is 5.82 Å². The molecule has 28 heavy (non-hydrogen) atoms. The van der Waals surface area contributed by atoms with Gasteiger partial charge in [0.2, 0.25) is 5.95 Å². The van der Waals surface area contributed by atoms with Gasteiger partial charge in [-0.25, -0.2) is 9.97 Å². The average Bonchev–Trinajstić information content (AvgIpc) is 3.49. The molecule has 0 saturated heterocycles. The molecule has 4 aromatic rings. The van der Waals surface area contributed by atoms with Gasteiger partial charge in [0, 0.05) is 23.1 Å². The molecule has 142 valence electrons. The van der Waals surface area contributed by atoms with Crippen molar-refractivity contribution in [2.75, 3.05) is 10.2 Å². The third-order valence-corrected chi connectivity index (χ3v) is 4.64. The Morgan fingerprint density at radius 2 is 1.93 bits per heavy atom. The van der Waals surface area contributed by atoms with Crippen molar-refractivity contribution in [1.29, 1.82) is 0 Å². The number of aromatic amines is 1. The van der Waals surface area contributed by atoms with Crippen molar-refractivity contribution in [2.24, 2.45) is 0 Å². The fourth-order valence-electron chi connectivity index (χ4n) is 2.81. The van der Waals surface area contributed by atoms with Crippen LogP contribution < -0.4 is 5.32 Å². The molecule has 1 aliphatic carbocycles. The number of fused-ring (bicyclic) bond motifs is 1. The molecular weight excluding hydrogens is 489 g/mol. The zero-order chi connectivity index (χ0) is 19.5. The Hall–Kier alpha value is -2.33. The van der Waals surface area contributed by atoms with Gasteiger partial charge in [-0.05, 0) is 36.0 Å². The topological polar surface area (TPSA) is 92.3 Å². The molecule has 9 heteroatoms. The second-order valence-electron chi connectivity index (χ2n) is 6.21. The van der Waals surface area contributed by atoms with E-state index in [-0.39, 0.29) is 0 Å². The molecule has 5 rings (SSSR count). The van der Waals surface area contributed by atoms with Crippen LogP contribution in [-0.4, -0.2) is 35.1 Å². The maximum Gasteiger partial charge on any atom is 0.247 e. The number of nitrogens with one attached hydrogen (secondary N) is 2. The Morgan fingerprint density at radius 1 is 1.11 bits per heavy atom. The smallest absolute Gasteiger partial charge is 0.247 e. The van der Waals surface area contributed by atoms with E-state index in [1.807, 2.05) is 35.3 Å². The number of benzene rings is 1. The van der Waals surface area contributed by atoms with Crippen molar-refractivity contribution in [3.63, 3.8) is 0 Å². The van der Waals surface area contributed by atoms with E-state index >= 15 is 0 Å². The summed E-state index contributed by atoms with van der Waals surface area (Å²) in [4.78, 5) is 19.9. The summed E-state index contributed by atoms with van der Waals surface area (Å²) in [6.07, 6.45) is 5.73. The molecule has 3 heterocycles. The van der Waals surface area contributed by atoms with E-state index in [4.69, 9.17) is 11.6 Å². The molecule has 0 radical (unpaired) electrons. The van der Waals surface area contributed by atoms with Crippen LogP contribution in [0.25, 0.3) is 22.3 Å². The lowest BCUT2D eigenvalue weighted by Gasteiger charge is -2.09. The summed E-state index contributed by atoms with van der Waals surface area (Å²) in [5.41, 5.74) is 1.48. The first-order chi connectivity index (χ1) is 13.8. The zero-order valence-electron chi connectivity index (χ0n) is 15.0. The van der Waals surface area contributed by atoms with Crippen LogP contribution in [0.15, 0.2) is 42.7 Å². The van der Waals surface area contributed by atoms with Gasteiger partial charge in [0.1, 0.15) is 11.6 Å². The van der Waals surface area contributed by atoms with Gasteiger partial charge >= 0.3 is 0 Å². The molecule has 3 aromatic heterocycles. The number of hydrogen-bond donors (Lipinski definition) is 2. The minimum atomic E-state index is 0.494. The maximum atomic E-state index is 6.32. The highest BCUT2D eigenvalue weighted by Crippen LogP contribution is 2.38. The number of alkyl halides is 1. The predicted octanol–water partition coefficient (Wildman–Crippen LogP) is 5.14. The van der Waals surface area contributed by atoms with E-state index in [0.717, 1.165) is 35.1 Å². The van der Waals surface area contributed by atoms with Crippen LogP contribution in [0.3, 0.4) is 0 Å². The Morgan fingerprint density at radius 3 is 2.71 bits per heavy atom. The third-order valence-electron chi connectivity index (χ3n) is 4.31. The Kier molecular flexibility index (Phi) is 5.67. The van der Waals surface area contributed by atoms with Crippen LogP contribution >= 0.6 is 34.2 Å². The average molecular weight is 506 g/mol. The second kappa shape index (κ2) is 8.36. The highest BCUT2D eigenvalue weighted by molar-refractivity contribution is 14.1. The van der Waals surface area contributed by atoms with Gasteiger partial charge in [0.05, 0.1) is 16.7 Å². The van der Waals surface area contributed by atoms with Gasteiger partial charge in [-0.1, -0.05) is 46.3 Å². The molecule has 0 spiro atoms. The number of hydrogen-bond acceptors (Lipinski definition) is 6. The normalized spacial score (nSPS) is 13.1. The molecule has 7 nitrogen and oxygen atoms in total. The lowest BCUT2D eigenvalue weighted by Crippen LogP contribution is -2.01. The molecular formula is C19H17ClIN7. The van der Waals surface area contributed by atoms with E-state index in [1.54, 1.807) is 12.4 Å². The standard InChI is InChI=1S/C18H14ClN7.CH3I/c19-13-4-2-1-3-11(13)16-21-14-9-20-8-7-12(14)17(22-16)24-18-23-15(25-26-18)10-5-6-10;1-2/h1-4,7-10H,5-6H2,(H2,21,22,23,24,25,26);1H3. The summed E-state index contributed by atoms with van der Waals surface area (Å²) >= 11 is 8.47.